The minimum Gasteiger partial charge on any atom is -0.495 e. The van der Waals surface area contributed by atoms with Crippen LogP contribution in [0.5, 0.6) is 5.75 Å². The molecule has 0 bridgehead atoms. The van der Waals surface area contributed by atoms with Gasteiger partial charge in [0.05, 0.1) is 12.8 Å². The standard InChI is InChI=1S/C23H30N4O3/c1-26(2)19-10-8-18(9-11-19)22(28)24-16-17-12-14-27(15-13-17)23(29)25-20-6-4-5-7-21(20)30-3/h4-11,17H,12-16H2,1-3H3,(H,24,28)(H,25,29). The molecule has 160 valence electrons. The topological polar surface area (TPSA) is 73.9 Å². The van der Waals surface area contributed by atoms with Crippen LogP contribution in [0.1, 0.15) is 23.2 Å². The Morgan fingerprint density at radius 2 is 1.73 bits per heavy atom. The highest BCUT2D eigenvalue weighted by atomic mass is 16.5. The van der Waals surface area contributed by atoms with Crippen LogP contribution in [0.25, 0.3) is 0 Å². The molecule has 0 radical (unpaired) electrons. The molecule has 0 aliphatic carbocycles. The number of benzene rings is 2. The lowest BCUT2D eigenvalue weighted by Gasteiger charge is -2.32. The minimum atomic E-state index is -0.122. The molecule has 7 heteroatoms. The molecule has 3 amide bonds. The summed E-state index contributed by atoms with van der Waals surface area (Å²) < 4.78 is 5.28. The molecule has 30 heavy (non-hydrogen) atoms. The Bertz CT molecular complexity index is 859. The summed E-state index contributed by atoms with van der Waals surface area (Å²) in [5.74, 6) is 0.948. The van der Waals surface area contributed by atoms with E-state index in [9.17, 15) is 9.59 Å². The van der Waals surface area contributed by atoms with Gasteiger partial charge in [-0.25, -0.2) is 4.79 Å². The molecule has 0 atom stereocenters. The van der Waals surface area contributed by atoms with Crippen molar-refractivity contribution in [1.82, 2.24) is 10.2 Å². The van der Waals surface area contributed by atoms with Gasteiger partial charge in [0.25, 0.3) is 5.91 Å². The van der Waals surface area contributed by atoms with Gasteiger partial charge in [0, 0.05) is 45.0 Å². The average Bonchev–Trinajstić information content (AvgIpc) is 2.78. The Morgan fingerprint density at radius 1 is 1.07 bits per heavy atom. The lowest BCUT2D eigenvalue weighted by atomic mass is 9.97. The highest BCUT2D eigenvalue weighted by Gasteiger charge is 2.23. The first-order chi connectivity index (χ1) is 14.5. The lowest BCUT2D eigenvalue weighted by molar-refractivity contribution is 0.0938. The fourth-order valence-electron chi connectivity index (χ4n) is 3.53. The van der Waals surface area contributed by atoms with Crippen molar-refractivity contribution in [1.29, 1.82) is 0 Å². The van der Waals surface area contributed by atoms with Crippen molar-refractivity contribution < 1.29 is 14.3 Å². The SMILES string of the molecule is COc1ccccc1NC(=O)N1CCC(CNC(=O)c2ccc(N(C)C)cc2)CC1. The third-order valence-corrected chi connectivity index (χ3v) is 5.45. The number of anilines is 2. The Labute approximate surface area is 178 Å². The van der Waals surface area contributed by atoms with Gasteiger partial charge in [0.1, 0.15) is 5.75 Å². The van der Waals surface area contributed by atoms with Gasteiger partial charge in [0.15, 0.2) is 0 Å². The van der Waals surface area contributed by atoms with Crippen molar-refractivity contribution in [3.05, 3.63) is 54.1 Å². The normalized spacial score (nSPS) is 14.2. The van der Waals surface area contributed by atoms with Gasteiger partial charge in [-0.2, -0.15) is 0 Å². The van der Waals surface area contributed by atoms with E-state index >= 15 is 0 Å². The Kier molecular flexibility index (Phi) is 7.17. The zero-order valence-corrected chi connectivity index (χ0v) is 17.9. The number of urea groups is 1. The van der Waals surface area contributed by atoms with E-state index in [0.717, 1.165) is 18.5 Å². The van der Waals surface area contributed by atoms with Crippen molar-refractivity contribution in [2.75, 3.05) is 51.1 Å². The van der Waals surface area contributed by atoms with Crippen LogP contribution in [0.2, 0.25) is 0 Å². The molecule has 0 unspecified atom stereocenters. The number of piperidine rings is 1. The van der Waals surface area contributed by atoms with Crippen LogP contribution < -0.4 is 20.3 Å². The molecule has 0 saturated carbocycles. The van der Waals surface area contributed by atoms with Crippen molar-refractivity contribution in [2.24, 2.45) is 5.92 Å². The third kappa shape index (κ3) is 5.43. The summed E-state index contributed by atoms with van der Waals surface area (Å²) >= 11 is 0. The summed E-state index contributed by atoms with van der Waals surface area (Å²) in [6.07, 6.45) is 1.72. The van der Waals surface area contributed by atoms with E-state index in [1.54, 1.807) is 7.11 Å². The van der Waals surface area contributed by atoms with E-state index in [1.165, 1.54) is 0 Å². The van der Waals surface area contributed by atoms with E-state index in [1.807, 2.05) is 72.4 Å². The zero-order valence-electron chi connectivity index (χ0n) is 17.9. The molecule has 1 aliphatic rings. The summed E-state index contributed by atoms with van der Waals surface area (Å²) in [5, 5.41) is 5.95. The molecule has 2 aromatic rings. The number of carbonyl (C=O) groups excluding carboxylic acids is 2. The van der Waals surface area contributed by atoms with Gasteiger partial charge in [-0.3, -0.25) is 4.79 Å². The van der Waals surface area contributed by atoms with Gasteiger partial charge in [-0.1, -0.05) is 12.1 Å². The predicted molar refractivity (Wildman–Crippen MR) is 119 cm³/mol. The van der Waals surface area contributed by atoms with Crippen molar-refractivity contribution >= 4 is 23.3 Å². The Morgan fingerprint density at radius 3 is 2.37 bits per heavy atom. The summed E-state index contributed by atoms with van der Waals surface area (Å²) in [7, 11) is 5.53. The van der Waals surface area contributed by atoms with Crippen molar-refractivity contribution in [3.63, 3.8) is 0 Å². The summed E-state index contributed by atoms with van der Waals surface area (Å²) in [5.41, 5.74) is 2.39. The molecule has 2 aromatic carbocycles. The largest absolute Gasteiger partial charge is 0.495 e. The monoisotopic (exact) mass is 410 g/mol. The number of likely N-dealkylation sites (tertiary alicyclic amines) is 1. The number of hydrogen-bond acceptors (Lipinski definition) is 4. The number of ether oxygens (including phenoxy) is 1. The van der Waals surface area contributed by atoms with Crippen LogP contribution >= 0.6 is 0 Å². The van der Waals surface area contributed by atoms with Crippen LogP contribution in [0.4, 0.5) is 16.2 Å². The average molecular weight is 411 g/mol. The van der Waals surface area contributed by atoms with Crippen LogP contribution in [0.15, 0.2) is 48.5 Å². The van der Waals surface area contributed by atoms with Crippen LogP contribution in [-0.2, 0) is 0 Å². The molecule has 1 aliphatic heterocycles. The lowest BCUT2D eigenvalue weighted by Crippen LogP contribution is -2.43. The number of para-hydroxylation sites is 2. The van der Waals surface area contributed by atoms with Crippen LogP contribution in [0.3, 0.4) is 0 Å². The maximum atomic E-state index is 12.6. The second-order valence-electron chi connectivity index (χ2n) is 7.71. The smallest absolute Gasteiger partial charge is 0.321 e. The summed E-state index contributed by atoms with van der Waals surface area (Å²) in [6.45, 7) is 1.95. The molecular weight excluding hydrogens is 380 g/mol. The van der Waals surface area contributed by atoms with E-state index in [-0.39, 0.29) is 11.9 Å². The van der Waals surface area contributed by atoms with Gasteiger partial charge in [-0.15, -0.1) is 0 Å². The van der Waals surface area contributed by atoms with E-state index < -0.39 is 0 Å². The predicted octanol–water partition coefficient (Wildman–Crippen LogP) is 3.44. The first kappa shape index (κ1) is 21.5. The molecule has 7 nitrogen and oxygen atoms in total. The number of hydrogen-bond donors (Lipinski definition) is 2. The molecule has 0 spiro atoms. The number of rotatable bonds is 6. The number of methoxy groups -OCH3 is 1. The number of amides is 3. The zero-order chi connectivity index (χ0) is 21.5. The van der Waals surface area contributed by atoms with Gasteiger partial charge in [0.2, 0.25) is 0 Å². The van der Waals surface area contributed by atoms with E-state index in [4.69, 9.17) is 4.74 Å². The minimum absolute atomic E-state index is 0.0587. The van der Waals surface area contributed by atoms with Gasteiger partial charge >= 0.3 is 6.03 Å². The third-order valence-electron chi connectivity index (χ3n) is 5.45. The molecule has 2 N–H and O–H groups in total. The quantitative estimate of drug-likeness (QED) is 0.765. The fourth-order valence-corrected chi connectivity index (χ4v) is 3.53. The highest BCUT2D eigenvalue weighted by molar-refractivity contribution is 5.94. The maximum Gasteiger partial charge on any atom is 0.321 e. The molecule has 0 aromatic heterocycles. The van der Waals surface area contributed by atoms with Gasteiger partial charge in [-0.05, 0) is 55.2 Å². The second-order valence-corrected chi connectivity index (χ2v) is 7.71. The Hall–Kier alpha value is -3.22. The van der Waals surface area contributed by atoms with E-state index in [2.05, 4.69) is 10.6 Å². The first-order valence-corrected chi connectivity index (χ1v) is 10.2. The van der Waals surface area contributed by atoms with Gasteiger partial charge < -0.3 is 25.2 Å². The van der Waals surface area contributed by atoms with Crippen LogP contribution in [0, 0.1) is 5.92 Å². The maximum absolute atomic E-state index is 12.6. The first-order valence-electron chi connectivity index (χ1n) is 10.2. The molecule has 1 fully saturated rings. The van der Waals surface area contributed by atoms with Crippen molar-refractivity contribution in [2.45, 2.75) is 12.8 Å². The molecule has 1 heterocycles. The number of carbonyl (C=O) groups is 2. The molecule has 3 rings (SSSR count). The van der Waals surface area contributed by atoms with Crippen molar-refractivity contribution in [3.8, 4) is 5.75 Å². The van der Waals surface area contributed by atoms with E-state index in [0.29, 0.717) is 42.6 Å². The number of nitrogens with zero attached hydrogens (tertiary/aromatic N) is 2. The Balaban J connectivity index is 1.44. The summed E-state index contributed by atoms with van der Waals surface area (Å²) in [6, 6.07) is 14.8. The molecule has 1 saturated heterocycles. The highest BCUT2D eigenvalue weighted by Crippen LogP contribution is 2.24. The summed E-state index contributed by atoms with van der Waals surface area (Å²) in [4.78, 5) is 28.8. The van der Waals surface area contributed by atoms with Crippen LogP contribution in [-0.4, -0.2) is 57.7 Å². The fraction of sp³-hybridized carbons (Fsp3) is 0.391. The molecular formula is C23H30N4O3. The second kappa shape index (κ2) is 10.0. The number of nitrogens with one attached hydrogen (secondary N) is 2.